The van der Waals surface area contributed by atoms with Gasteiger partial charge in [0.15, 0.2) is 0 Å². The van der Waals surface area contributed by atoms with E-state index in [1.165, 1.54) is 0 Å². The lowest BCUT2D eigenvalue weighted by Crippen LogP contribution is -2.25. The van der Waals surface area contributed by atoms with E-state index >= 15 is 0 Å². The lowest BCUT2D eigenvalue weighted by Gasteiger charge is -2.18. The second kappa shape index (κ2) is 9.55. The van der Waals surface area contributed by atoms with Crippen molar-refractivity contribution >= 4 is 28.4 Å². The maximum Gasteiger partial charge on any atom is 0.110 e. The predicted octanol–water partition coefficient (Wildman–Crippen LogP) is 1.14. The van der Waals surface area contributed by atoms with Crippen LogP contribution in [-0.2, 0) is 6.54 Å². The third-order valence-electron chi connectivity index (χ3n) is 4.79. The van der Waals surface area contributed by atoms with E-state index in [-0.39, 0.29) is 13.2 Å². The number of aliphatic hydroxyl groups excluding tert-OH is 2. The molecule has 0 aliphatic carbocycles. The minimum absolute atomic E-state index is 0.132. The highest BCUT2D eigenvalue weighted by molar-refractivity contribution is 7.99. The number of anilines is 1. The topological polar surface area (TPSA) is 107 Å². The number of aliphatic hydroxyl groups is 2. The highest BCUT2D eigenvalue weighted by Crippen LogP contribution is 2.49. The molecule has 0 spiro atoms. The molecule has 1 aromatic carbocycles. The first kappa shape index (κ1) is 20.1. The maximum atomic E-state index is 8.96. The van der Waals surface area contributed by atoms with Gasteiger partial charge in [-0.2, -0.15) is 5.10 Å². The number of fused-ring (bicyclic) bond motifs is 2. The van der Waals surface area contributed by atoms with Gasteiger partial charge in [-0.1, -0.05) is 11.8 Å². The monoisotopic (exact) mass is 414 g/mol. The Bertz CT molecular complexity index is 977. The van der Waals surface area contributed by atoms with E-state index in [2.05, 4.69) is 39.1 Å². The van der Waals surface area contributed by atoms with Crippen molar-refractivity contribution in [1.82, 2.24) is 25.4 Å². The van der Waals surface area contributed by atoms with Crippen LogP contribution >= 0.6 is 11.8 Å². The van der Waals surface area contributed by atoms with E-state index in [0.29, 0.717) is 13.1 Å². The maximum absolute atomic E-state index is 8.96. The standard InChI is InChI=1S/C20H26N6O2S/c27-12-9-21-6-7-23-15-3-4-16-17-18(25-26(16)11-8-22-10-13-28)14-2-1-5-24-20(14)29-19(15)17/h1-5,21-23,27-28H,6-13H2. The van der Waals surface area contributed by atoms with Gasteiger partial charge in [0, 0.05) is 60.5 Å². The zero-order valence-corrected chi connectivity index (χ0v) is 17.0. The van der Waals surface area contributed by atoms with E-state index in [0.717, 1.165) is 63.9 Å². The molecule has 0 fully saturated rings. The summed E-state index contributed by atoms with van der Waals surface area (Å²) in [7, 11) is 0. The molecule has 0 atom stereocenters. The summed E-state index contributed by atoms with van der Waals surface area (Å²) in [6.07, 6.45) is 1.82. The van der Waals surface area contributed by atoms with Crippen LogP contribution in [0.1, 0.15) is 0 Å². The van der Waals surface area contributed by atoms with Gasteiger partial charge in [0.25, 0.3) is 0 Å². The number of hydrogen-bond acceptors (Lipinski definition) is 8. The number of nitrogens with zero attached hydrogens (tertiary/aromatic N) is 3. The molecule has 5 N–H and O–H groups in total. The van der Waals surface area contributed by atoms with Gasteiger partial charge in [0.1, 0.15) is 10.7 Å². The van der Waals surface area contributed by atoms with E-state index in [1.807, 2.05) is 16.9 Å². The van der Waals surface area contributed by atoms with E-state index in [9.17, 15) is 0 Å². The fourth-order valence-corrected chi connectivity index (χ4v) is 4.61. The molecule has 1 aliphatic rings. The summed E-state index contributed by atoms with van der Waals surface area (Å²) in [6, 6.07) is 8.25. The summed E-state index contributed by atoms with van der Waals surface area (Å²) in [6.45, 7) is 4.48. The van der Waals surface area contributed by atoms with Gasteiger partial charge in [-0.05, 0) is 24.3 Å². The van der Waals surface area contributed by atoms with Crippen molar-refractivity contribution in [2.24, 2.45) is 0 Å². The van der Waals surface area contributed by atoms with Crippen LogP contribution in [0.25, 0.3) is 22.2 Å². The van der Waals surface area contributed by atoms with Crippen molar-refractivity contribution in [3.05, 3.63) is 30.5 Å². The van der Waals surface area contributed by atoms with Crippen molar-refractivity contribution in [2.45, 2.75) is 16.5 Å². The first-order valence-corrected chi connectivity index (χ1v) is 10.7. The average Bonchev–Trinajstić information content (AvgIpc) is 3.12. The Morgan fingerprint density at radius 3 is 2.62 bits per heavy atom. The van der Waals surface area contributed by atoms with E-state index < -0.39 is 0 Å². The summed E-state index contributed by atoms with van der Waals surface area (Å²) in [5.74, 6) is 0. The Labute approximate surface area is 173 Å². The van der Waals surface area contributed by atoms with Crippen LogP contribution in [0.5, 0.6) is 0 Å². The Balaban J connectivity index is 1.66. The highest BCUT2D eigenvalue weighted by atomic mass is 32.2. The molecule has 0 saturated carbocycles. The quantitative estimate of drug-likeness (QED) is 0.233. The van der Waals surface area contributed by atoms with Gasteiger partial charge in [-0.15, -0.1) is 0 Å². The van der Waals surface area contributed by atoms with E-state index in [1.54, 1.807) is 11.8 Å². The molecule has 4 rings (SSSR count). The largest absolute Gasteiger partial charge is 0.395 e. The molecule has 0 amide bonds. The fraction of sp³-hybridized carbons (Fsp3) is 0.400. The minimum atomic E-state index is 0.132. The third kappa shape index (κ3) is 4.24. The summed E-state index contributed by atoms with van der Waals surface area (Å²) in [4.78, 5) is 5.72. The second-order valence-corrected chi connectivity index (χ2v) is 7.74. The van der Waals surface area contributed by atoms with Crippen molar-refractivity contribution in [3.63, 3.8) is 0 Å². The molecule has 3 aromatic rings. The van der Waals surface area contributed by atoms with Crippen LogP contribution in [0.15, 0.2) is 40.4 Å². The van der Waals surface area contributed by atoms with Crippen LogP contribution in [0.2, 0.25) is 0 Å². The normalized spacial score (nSPS) is 12.3. The third-order valence-corrected chi connectivity index (χ3v) is 5.94. The number of hydrogen-bond donors (Lipinski definition) is 5. The molecule has 0 unspecified atom stereocenters. The lowest BCUT2D eigenvalue weighted by atomic mass is 10.1. The van der Waals surface area contributed by atoms with Crippen molar-refractivity contribution in [1.29, 1.82) is 0 Å². The highest BCUT2D eigenvalue weighted by Gasteiger charge is 2.26. The lowest BCUT2D eigenvalue weighted by molar-refractivity contribution is 0.291. The molecule has 1 aliphatic heterocycles. The number of benzene rings is 1. The minimum Gasteiger partial charge on any atom is -0.395 e. The Hall–Kier alpha value is -2.17. The number of pyridine rings is 1. The average molecular weight is 415 g/mol. The zero-order valence-electron chi connectivity index (χ0n) is 16.2. The van der Waals surface area contributed by atoms with Crippen molar-refractivity contribution < 1.29 is 10.2 Å². The molecular formula is C20H26N6O2S. The van der Waals surface area contributed by atoms with Crippen LogP contribution in [-0.4, -0.2) is 70.9 Å². The second-order valence-electron chi connectivity index (χ2n) is 6.74. The number of nitrogens with one attached hydrogen (secondary N) is 3. The molecule has 154 valence electrons. The van der Waals surface area contributed by atoms with Crippen LogP contribution in [0, 0.1) is 0 Å². The predicted molar refractivity (Wildman–Crippen MR) is 115 cm³/mol. The molecule has 0 saturated heterocycles. The Morgan fingerprint density at radius 2 is 1.79 bits per heavy atom. The zero-order chi connectivity index (χ0) is 20.1. The summed E-state index contributed by atoms with van der Waals surface area (Å²) in [5, 5.41) is 34.8. The summed E-state index contributed by atoms with van der Waals surface area (Å²) >= 11 is 1.68. The summed E-state index contributed by atoms with van der Waals surface area (Å²) in [5.41, 5.74) is 4.22. The fourth-order valence-electron chi connectivity index (χ4n) is 3.47. The molecule has 0 radical (unpaired) electrons. The number of aromatic nitrogens is 3. The molecule has 9 heteroatoms. The Kier molecular flexibility index (Phi) is 6.63. The first-order valence-electron chi connectivity index (χ1n) is 9.87. The van der Waals surface area contributed by atoms with E-state index in [4.69, 9.17) is 15.3 Å². The smallest absolute Gasteiger partial charge is 0.110 e. The van der Waals surface area contributed by atoms with Crippen molar-refractivity contribution in [3.8, 4) is 11.3 Å². The number of rotatable bonds is 11. The van der Waals surface area contributed by atoms with Gasteiger partial charge in [0.05, 0.1) is 25.3 Å². The molecule has 0 bridgehead atoms. The molecule has 29 heavy (non-hydrogen) atoms. The van der Waals surface area contributed by atoms with Crippen LogP contribution in [0.4, 0.5) is 5.69 Å². The first-order chi connectivity index (χ1) is 14.3. The van der Waals surface area contributed by atoms with Gasteiger partial charge in [0.2, 0.25) is 0 Å². The van der Waals surface area contributed by atoms with Crippen LogP contribution in [0.3, 0.4) is 0 Å². The molecule has 8 nitrogen and oxygen atoms in total. The molecular weight excluding hydrogens is 388 g/mol. The molecule has 3 heterocycles. The summed E-state index contributed by atoms with van der Waals surface area (Å²) < 4.78 is 2.04. The van der Waals surface area contributed by atoms with Crippen LogP contribution < -0.4 is 16.0 Å². The SMILES string of the molecule is OCCNCCNc1ccc2c3c(nn2CCNCCO)-c2cccnc2Sc13. The van der Waals surface area contributed by atoms with Gasteiger partial charge >= 0.3 is 0 Å². The van der Waals surface area contributed by atoms with Gasteiger partial charge in [-0.3, -0.25) is 4.68 Å². The molecule has 2 aromatic heterocycles. The van der Waals surface area contributed by atoms with Gasteiger partial charge < -0.3 is 26.2 Å². The van der Waals surface area contributed by atoms with Crippen molar-refractivity contribution in [2.75, 3.05) is 51.3 Å². The van der Waals surface area contributed by atoms with Gasteiger partial charge in [-0.25, -0.2) is 4.98 Å². The Morgan fingerprint density at radius 1 is 0.966 bits per heavy atom.